The van der Waals surface area contributed by atoms with E-state index in [0.29, 0.717) is 28.8 Å². The van der Waals surface area contributed by atoms with Gasteiger partial charge in [-0.3, -0.25) is 4.99 Å². The van der Waals surface area contributed by atoms with E-state index < -0.39 is 0 Å². The van der Waals surface area contributed by atoms with E-state index in [9.17, 15) is 0 Å². The van der Waals surface area contributed by atoms with Crippen LogP contribution in [0.25, 0.3) is 0 Å². The predicted molar refractivity (Wildman–Crippen MR) is 91.4 cm³/mol. The summed E-state index contributed by atoms with van der Waals surface area (Å²) in [5.41, 5.74) is 8.93. The van der Waals surface area contributed by atoms with Crippen LogP contribution in [0.4, 0.5) is 5.13 Å². The van der Waals surface area contributed by atoms with Gasteiger partial charge in [-0.1, -0.05) is 11.3 Å². The molecule has 0 amide bonds. The van der Waals surface area contributed by atoms with Crippen molar-refractivity contribution in [1.82, 2.24) is 4.98 Å². The van der Waals surface area contributed by atoms with Crippen LogP contribution in [0.1, 0.15) is 16.1 Å². The molecular weight excluding hydrogens is 314 g/mol. The Morgan fingerprint density at radius 3 is 2.43 bits per heavy atom. The fourth-order valence-corrected chi connectivity index (χ4v) is 3.59. The van der Waals surface area contributed by atoms with Crippen LogP contribution < -0.4 is 19.9 Å². The maximum atomic E-state index is 5.84. The third-order valence-corrected chi connectivity index (χ3v) is 4.70. The normalized spacial score (nSPS) is 13.3. The first-order valence-electron chi connectivity index (χ1n) is 7.24. The topological polar surface area (TPSA) is 79.0 Å². The molecule has 23 heavy (non-hydrogen) atoms. The van der Waals surface area contributed by atoms with E-state index in [1.165, 1.54) is 11.3 Å². The van der Waals surface area contributed by atoms with Crippen molar-refractivity contribution in [3.8, 4) is 17.2 Å². The zero-order chi connectivity index (χ0) is 16.4. The minimum Gasteiger partial charge on any atom is -0.493 e. The Labute approximate surface area is 138 Å². The van der Waals surface area contributed by atoms with Crippen molar-refractivity contribution in [1.29, 1.82) is 0 Å². The van der Waals surface area contributed by atoms with E-state index in [2.05, 4.69) is 9.98 Å². The Hall–Kier alpha value is -2.28. The molecule has 1 aromatic heterocycles. The lowest BCUT2D eigenvalue weighted by atomic mass is 10.0. The highest BCUT2D eigenvalue weighted by atomic mass is 32.1. The number of thiazole rings is 1. The number of aliphatic imine (C=N–C) groups is 1. The van der Waals surface area contributed by atoms with Crippen LogP contribution in [-0.4, -0.2) is 38.6 Å². The van der Waals surface area contributed by atoms with Crippen LogP contribution in [-0.2, 0) is 12.8 Å². The van der Waals surface area contributed by atoms with Gasteiger partial charge in [0.05, 0.1) is 37.6 Å². The maximum absolute atomic E-state index is 5.84. The minimum absolute atomic E-state index is 0.590. The monoisotopic (exact) mass is 333 g/mol. The third kappa shape index (κ3) is 2.96. The zero-order valence-electron chi connectivity index (χ0n) is 13.4. The van der Waals surface area contributed by atoms with Crippen molar-refractivity contribution in [2.24, 2.45) is 4.99 Å². The van der Waals surface area contributed by atoms with Crippen molar-refractivity contribution in [2.75, 3.05) is 33.6 Å². The molecule has 0 unspecified atom stereocenters. The van der Waals surface area contributed by atoms with Gasteiger partial charge in [0.1, 0.15) is 0 Å². The van der Waals surface area contributed by atoms with Crippen molar-refractivity contribution < 1.29 is 14.2 Å². The number of anilines is 1. The van der Waals surface area contributed by atoms with Crippen molar-refractivity contribution in [3.63, 3.8) is 0 Å². The Morgan fingerprint density at radius 1 is 1.13 bits per heavy atom. The van der Waals surface area contributed by atoms with E-state index in [0.717, 1.165) is 34.8 Å². The van der Waals surface area contributed by atoms with Crippen LogP contribution in [0.3, 0.4) is 0 Å². The second kappa shape index (κ2) is 6.45. The number of fused-ring (bicyclic) bond motifs is 1. The summed E-state index contributed by atoms with van der Waals surface area (Å²) in [7, 11) is 4.82. The molecule has 0 fully saturated rings. The number of hydrogen-bond donors (Lipinski definition) is 1. The fraction of sp³-hybridized carbons (Fsp3) is 0.375. The molecular formula is C16H19N3O3S. The smallest absolute Gasteiger partial charge is 0.203 e. The number of ether oxygens (including phenoxy) is 3. The van der Waals surface area contributed by atoms with Crippen LogP contribution in [0.5, 0.6) is 17.2 Å². The van der Waals surface area contributed by atoms with E-state index >= 15 is 0 Å². The molecule has 1 aromatic carbocycles. The standard InChI is InChI=1S/C16H19N3O3S/c1-20-12-7-9(8-13(21-2)14(12)22-3)6-11-15-10(4-5-18-11)19-16(17)23-15/h7-8H,4-6H2,1-3H3,(H2,17,19). The number of nitrogen functional groups attached to an aromatic ring is 1. The van der Waals surface area contributed by atoms with Gasteiger partial charge in [0, 0.05) is 19.4 Å². The second-order valence-electron chi connectivity index (χ2n) is 5.12. The highest BCUT2D eigenvalue weighted by molar-refractivity contribution is 7.17. The molecule has 6 nitrogen and oxygen atoms in total. The summed E-state index contributed by atoms with van der Waals surface area (Å²) >= 11 is 1.49. The average Bonchev–Trinajstić information content (AvgIpc) is 2.95. The summed E-state index contributed by atoms with van der Waals surface area (Å²) in [6.07, 6.45) is 1.52. The van der Waals surface area contributed by atoms with Gasteiger partial charge in [-0.25, -0.2) is 4.98 Å². The van der Waals surface area contributed by atoms with E-state index in [1.54, 1.807) is 21.3 Å². The molecule has 0 spiro atoms. The van der Waals surface area contributed by atoms with Crippen molar-refractivity contribution >= 4 is 22.2 Å². The van der Waals surface area contributed by atoms with Gasteiger partial charge in [0.15, 0.2) is 16.6 Å². The van der Waals surface area contributed by atoms with E-state index in [4.69, 9.17) is 19.9 Å². The first-order valence-corrected chi connectivity index (χ1v) is 8.05. The molecule has 0 saturated heterocycles. The van der Waals surface area contributed by atoms with Gasteiger partial charge in [-0.05, 0) is 17.7 Å². The summed E-state index contributed by atoms with van der Waals surface area (Å²) < 4.78 is 16.2. The molecule has 122 valence electrons. The van der Waals surface area contributed by atoms with Gasteiger partial charge in [0.2, 0.25) is 5.75 Å². The number of rotatable bonds is 5. The van der Waals surface area contributed by atoms with Crippen LogP contribution in [0.15, 0.2) is 17.1 Å². The number of nitrogens with two attached hydrogens (primary N) is 1. The molecule has 2 aromatic rings. The number of methoxy groups -OCH3 is 3. The lowest BCUT2D eigenvalue weighted by molar-refractivity contribution is 0.324. The second-order valence-corrected chi connectivity index (χ2v) is 6.15. The number of hydrogen-bond acceptors (Lipinski definition) is 7. The molecule has 0 bridgehead atoms. The number of nitrogens with zero attached hydrogens (tertiary/aromatic N) is 2. The summed E-state index contributed by atoms with van der Waals surface area (Å²) in [6, 6.07) is 3.89. The summed E-state index contributed by atoms with van der Waals surface area (Å²) in [4.78, 5) is 10.1. The summed E-state index contributed by atoms with van der Waals surface area (Å²) in [5.74, 6) is 1.87. The molecule has 7 heteroatoms. The Kier molecular flexibility index (Phi) is 4.38. The minimum atomic E-state index is 0.590. The lowest BCUT2D eigenvalue weighted by Crippen LogP contribution is -2.13. The fourth-order valence-electron chi connectivity index (χ4n) is 2.70. The molecule has 0 radical (unpaired) electrons. The molecule has 1 aliphatic rings. The predicted octanol–water partition coefficient (Wildman–Crippen LogP) is 2.34. The van der Waals surface area contributed by atoms with Gasteiger partial charge in [-0.15, -0.1) is 0 Å². The van der Waals surface area contributed by atoms with Gasteiger partial charge in [-0.2, -0.15) is 0 Å². The van der Waals surface area contributed by atoms with Gasteiger partial charge < -0.3 is 19.9 Å². The Bertz CT molecular complexity index is 730. The molecule has 2 heterocycles. The highest BCUT2D eigenvalue weighted by Gasteiger charge is 2.21. The SMILES string of the molecule is COc1cc(CC2=NCCc3nc(N)sc32)cc(OC)c1OC. The molecule has 0 atom stereocenters. The quantitative estimate of drug-likeness (QED) is 0.908. The largest absolute Gasteiger partial charge is 0.493 e. The maximum Gasteiger partial charge on any atom is 0.203 e. The average molecular weight is 333 g/mol. The summed E-state index contributed by atoms with van der Waals surface area (Å²) in [5, 5.41) is 0.592. The Morgan fingerprint density at radius 2 is 1.83 bits per heavy atom. The Balaban J connectivity index is 1.95. The number of benzene rings is 1. The first-order chi connectivity index (χ1) is 11.2. The van der Waals surface area contributed by atoms with E-state index in [-0.39, 0.29) is 0 Å². The van der Waals surface area contributed by atoms with Gasteiger partial charge >= 0.3 is 0 Å². The van der Waals surface area contributed by atoms with Crippen molar-refractivity contribution in [2.45, 2.75) is 12.8 Å². The van der Waals surface area contributed by atoms with E-state index in [1.807, 2.05) is 12.1 Å². The number of aromatic nitrogens is 1. The van der Waals surface area contributed by atoms with Crippen LogP contribution >= 0.6 is 11.3 Å². The van der Waals surface area contributed by atoms with Crippen molar-refractivity contribution in [3.05, 3.63) is 28.3 Å². The molecule has 0 aliphatic carbocycles. The van der Waals surface area contributed by atoms with Gasteiger partial charge in [0.25, 0.3) is 0 Å². The van der Waals surface area contributed by atoms with Crippen LogP contribution in [0, 0.1) is 0 Å². The van der Waals surface area contributed by atoms with Crippen LogP contribution in [0.2, 0.25) is 0 Å². The summed E-state index contributed by atoms with van der Waals surface area (Å²) in [6.45, 7) is 0.746. The lowest BCUT2D eigenvalue weighted by Gasteiger charge is -2.16. The molecule has 1 aliphatic heterocycles. The first kappa shape index (κ1) is 15.6. The highest BCUT2D eigenvalue weighted by Crippen LogP contribution is 2.38. The molecule has 0 saturated carbocycles. The molecule has 3 rings (SSSR count). The zero-order valence-corrected chi connectivity index (χ0v) is 14.2. The molecule has 2 N–H and O–H groups in total. The third-order valence-electron chi connectivity index (χ3n) is 3.72.